The highest BCUT2D eigenvalue weighted by molar-refractivity contribution is 9.10. The summed E-state index contributed by atoms with van der Waals surface area (Å²) in [4.78, 5) is 0. The molecule has 2 aliphatic heterocycles. The molecule has 0 bridgehead atoms. The average Bonchev–Trinajstić information content (AvgIpc) is 3.08. The number of aromatic nitrogens is 2. The van der Waals surface area contributed by atoms with Gasteiger partial charge < -0.3 is 4.74 Å². The lowest BCUT2D eigenvalue weighted by Crippen LogP contribution is -2.47. The van der Waals surface area contributed by atoms with Gasteiger partial charge in [-0.3, -0.25) is 4.68 Å². The fraction of sp³-hybridized carbons (Fsp3) is 0.727. The molecule has 3 rings (SSSR count). The van der Waals surface area contributed by atoms with E-state index in [1.165, 1.54) is 4.31 Å². The van der Waals surface area contributed by atoms with Gasteiger partial charge in [-0.1, -0.05) is 0 Å². The van der Waals surface area contributed by atoms with E-state index in [0.717, 1.165) is 10.9 Å². The highest BCUT2D eigenvalue weighted by Gasteiger charge is 2.36. The fourth-order valence-corrected chi connectivity index (χ4v) is 4.53. The molecule has 2 saturated heterocycles. The van der Waals surface area contributed by atoms with E-state index in [4.69, 9.17) is 4.74 Å². The van der Waals surface area contributed by atoms with Crippen molar-refractivity contribution in [3.05, 3.63) is 16.9 Å². The zero-order chi connectivity index (χ0) is 14.2. The Bertz CT molecular complexity index is 570. The van der Waals surface area contributed by atoms with Gasteiger partial charge in [0.15, 0.2) is 0 Å². The van der Waals surface area contributed by atoms with Crippen LogP contribution in [0.4, 0.5) is 0 Å². The van der Waals surface area contributed by atoms with Crippen LogP contribution >= 0.6 is 15.9 Å². The summed E-state index contributed by atoms with van der Waals surface area (Å²) >= 11 is 3.36. The van der Waals surface area contributed by atoms with Crippen molar-refractivity contribution in [1.82, 2.24) is 18.4 Å². The maximum Gasteiger partial charge on any atom is 0.282 e. The molecule has 2 fully saturated rings. The van der Waals surface area contributed by atoms with Crippen molar-refractivity contribution in [3.63, 3.8) is 0 Å². The number of nitrogens with zero attached hydrogens (tertiary/aromatic N) is 4. The second-order valence-corrected chi connectivity index (χ2v) is 7.80. The molecule has 0 spiro atoms. The van der Waals surface area contributed by atoms with Crippen molar-refractivity contribution in [2.75, 3.05) is 39.4 Å². The van der Waals surface area contributed by atoms with Gasteiger partial charge >= 0.3 is 0 Å². The van der Waals surface area contributed by atoms with E-state index in [1.807, 2.05) is 10.9 Å². The zero-order valence-electron chi connectivity index (χ0n) is 11.0. The smallest absolute Gasteiger partial charge is 0.282 e. The topological polar surface area (TPSA) is 67.7 Å². The molecule has 7 nitrogen and oxygen atoms in total. The van der Waals surface area contributed by atoms with E-state index in [-0.39, 0.29) is 6.04 Å². The molecule has 0 radical (unpaired) electrons. The molecule has 1 unspecified atom stereocenters. The van der Waals surface area contributed by atoms with E-state index >= 15 is 0 Å². The summed E-state index contributed by atoms with van der Waals surface area (Å²) in [5.41, 5.74) is 0. The first-order valence-corrected chi connectivity index (χ1v) is 8.79. The quantitative estimate of drug-likeness (QED) is 0.781. The molecular weight excluding hydrogens is 348 g/mol. The Balaban J connectivity index is 1.69. The highest BCUT2D eigenvalue weighted by Crippen LogP contribution is 2.26. The first-order chi connectivity index (χ1) is 9.57. The van der Waals surface area contributed by atoms with Gasteiger partial charge in [0.2, 0.25) is 0 Å². The lowest BCUT2D eigenvalue weighted by Gasteiger charge is -2.30. The van der Waals surface area contributed by atoms with Crippen LogP contribution in [0.1, 0.15) is 12.5 Å². The second-order valence-electron chi connectivity index (χ2n) is 4.96. The first-order valence-electron chi connectivity index (χ1n) is 6.60. The van der Waals surface area contributed by atoms with Crippen LogP contribution in [0.15, 0.2) is 16.9 Å². The van der Waals surface area contributed by atoms with E-state index in [2.05, 4.69) is 21.0 Å². The minimum Gasteiger partial charge on any atom is -0.379 e. The van der Waals surface area contributed by atoms with Gasteiger partial charge in [0, 0.05) is 32.4 Å². The van der Waals surface area contributed by atoms with Crippen LogP contribution in [0.5, 0.6) is 0 Å². The number of hydrogen-bond acceptors (Lipinski definition) is 4. The summed E-state index contributed by atoms with van der Waals surface area (Å²) in [5.74, 6) is 0. The van der Waals surface area contributed by atoms with Gasteiger partial charge in [-0.15, -0.1) is 0 Å². The largest absolute Gasteiger partial charge is 0.379 e. The Morgan fingerprint density at radius 2 is 2.00 bits per heavy atom. The third-order valence-electron chi connectivity index (χ3n) is 3.69. The number of morpholine rings is 1. The predicted molar refractivity (Wildman–Crippen MR) is 76.5 cm³/mol. The van der Waals surface area contributed by atoms with Crippen molar-refractivity contribution in [3.8, 4) is 0 Å². The molecule has 2 aliphatic rings. The van der Waals surface area contributed by atoms with Crippen molar-refractivity contribution in [1.29, 1.82) is 0 Å². The number of ether oxygens (including phenoxy) is 1. The van der Waals surface area contributed by atoms with Crippen molar-refractivity contribution < 1.29 is 13.2 Å². The van der Waals surface area contributed by atoms with Gasteiger partial charge in [0.25, 0.3) is 10.2 Å². The normalized spacial score (nSPS) is 26.1. The number of halogens is 1. The van der Waals surface area contributed by atoms with E-state index in [1.54, 1.807) is 10.5 Å². The highest BCUT2D eigenvalue weighted by atomic mass is 79.9. The maximum absolute atomic E-state index is 12.5. The van der Waals surface area contributed by atoms with Gasteiger partial charge in [-0.2, -0.15) is 22.1 Å². The SMILES string of the molecule is O=S(=O)(N1CCOCC1)N1CCC(n2cc(Br)cn2)C1. The standard InChI is InChI=1S/C11H17BrN4O3S/c12-10-7-13-16(8-10)11-1-2-15(9-11)20(17,18)14-3-5-19-6-4-14/h7-8,11H,1-6,9H2. The molecule has 20 heavy (non-hydrogen) atoms. The van der Waals surface area contributed by atoms with Crippen LogP contribution in [-0.2, 0) is 14.9 Å². The molecule has 0 amide bonds. The van der Waals surface area contributed by atoms with E-state index in [0.29, 0.717) is 39.4 Å². The van der Waals surface area contributed by atoms with Crippen LogP contribution in [-0.4, -0.2) is 66.2 Å². The summed E-state index contributed by atoms with van der Waals surface area (Å²) in [6.07, 6.45) is 4.40. The molecule has 1 atom stereocenters. The van der Waals surface area contributed by atoms with E-state index < -0.39 is 10.2 Å². The van der Waals surface area contributed by atoms with Gasteiger partial charge in [0.05, 0.1) is 29.9 Å². The Hall–Kier alpha value is -0.480. The molecule has 0 aromatic carbocycles. The molecule has 9 heteroatoms. The van der Waals surface area contributed by atoms with Crippen molar-refractivity contribution >= 4 is 26.1 Å². The van der Waals surface area contributed by atoms with Crippen molar-refractivity contribution in [2.45, 2.75) is 12.5 Å². The maximum atomic E-state index is 12.5. The molecule has 1 aromatic heterocycles. The van der Waals surface area contributed by atoms with E-state index in [9.17, 15) is 8.42 Å². The third kappa shape index (κ3) is 2.77. The predicted octanol–water partition coefficient (Wildman–Crippen LogP) is 0.469. The molecule has 1 aromatic rings. The van der Waals surface area contributed by atoms with Crippen LogP contribution in [0.25, 0.3) is 0 Å². The van der Waals surface area contributed by atoms with Crippen LogP contribution < -0.4 is 0 Å². The average molecular weight is 365 g/mol. The zero-order valence-corrected chi connectivity index (χ0v) is 13.4. The minimum atomic E-state index is -3.36. The summed E-state index contributed by atoms with van der Waals surface area (Å²) in [7, 11) is -3.36. The summed E-state index contributed by atoms with van der Waals surface area (Å²) in [5, 5.41) is 4.24. The van der Waals surface area contributed by atoms with Gasteiger partial charge in [0.1, 0.15) is 0 Å². The molecule has 112 valence electrons. The molecule has 0 saturated carbocycles. The lowest BCUT2D eigenvalue weighted by atomic mass is 10.3. The number of hydrogen-bond donors (Lipinski definition) is 0. The molecule has 0 N–H and O–H groups in total. The van der Waals surface area contributed by atoms with Crippen LogP contribution in [0.3, 0.4) is 0 Å². The number of rotatable bonds is 3. The minimum absolute atomic E-state index is 0.108. The van der Waals surface area contributed by atoms with Crippen molar-refractivity contribution in [2.24, 2.45) is 0 Å². The molecule has 3 heterocycles. The Kier molecular flexibility index (Phi) is 4.14. The third-order valence-corrected chi connectivity index (χ3v) is 6.10. The Morgan fingerprint density at radius 1 is 1.25 bits per heavy atom. The summed E-state index contributed by atoms with van der Waals surface area (Å²) in [6.45, 7) is 2.86. The molecular formula is C11H17BrN4O3S. The lowest BCUT2D eigenvalue weighted by molar-refractivity contribution is 0.0705. The first kappa shape index (κ1) is 14.5. The van der Waals surface area contributed by atoms with Gasteiger partial charge in [-0.25, -0.2) is 0 Å². The summed E-state index contributed by atoms with van der Waals surface area (Å²) < 4.78 is 36.1. The summed E-state index contributed by atoms with van der Waals surface area (Å²) in [6, 6.07) is 0.108. The van der Waals surface area contributed by atoms with Crippen LogP contribution in [0, 0.1) is 0 Å². The fourth-order valence-electron chi connectivity index (χ4n) is 2.59. The Labute approximate surface area is 126 Å². The molecule has 0 aliphatic carbocycles. The monoisotopic (exact) mass is 364 g/mol. The van der Waals surface area contributed by atoms with Crippen LogP contribution in [0.2, 0.25) is 0 Å². The Morgan fingerprint density at radius 3 is 2.65 bits per heavy atom. The van der Waals surface area contributed by atoms with Gasteiger partial charge in [-0.05, 0) is 22.4 Å². The second kappa shape index (κ2) is 5.72.